The van der Waals surface area contributed by atoms with Crippen molar-refractivity contribution < 1.29 is 4.74 Å². The SMILES string of the molecule is COc1c(Br)cc(C#N)cc1CN(C)C.Cl. The Morgan fingerprint density at radius 1 is 1.44 bits per heavy atom. The van der Waals surface area contributed by atoms with Crippen LogP contribution in [0.25, 0.3) is 0 Å². The standard InChI is InChI=1S/C11H13BrN2O.ClH/c1-14(2)7-9-4-8(6-13)5-10(12)11(9)15-3;/h4-5H,7H2,1-3H3;1H. The van der Waals surface area contributed by atoms with Gasteiger partial charge in [0.25, 0.3) is 0 Å². The summed E-state index contributed by atoms with van der Waals surface area (Å²) >= 11 is 3.39. The van der Waals surface area contributed by atoms with Crippen molar-refractivity contribution in [3.63, 3.8) is 0 Å². The van der Waals surface area contributed by atoms with E-state index in [4.69, 9.17) is 10.00 Å². The third kappa shape index (κ3) is 3.67. The lowest BCUT2D eigenvalue weighted by molar-refractivity contribution is 0.370. The third-order valence-electron chi connectivity index (χ3n) is 1.94. The molecule has 0 N–H and O–H groups in total. The van der Waals surface area contributed by atoms with Gasteiger partial charge in [0, 0.05) is 12.1 Å². The molecule has 1 aromatic rings. The molecule has 0 aliphatic carbocycles. The van der Waals surface area contributed by atoms with Crippen LogP contribution in [0, 0.1) is 11.3 Å². The Bertz CT molecular complexity index is 402. The van der Waals surface area contributed by atoms with Crippen LogP contribution in [0.3, 0.4) is 0 Å². The summed E-state index contributed by atoms with van der Waals surface area (Å²) in [5.41, 5.74) is 1.65. The molecule has 0 aromatic heterocycles. The molecular formula is C11H14BrClN2O. The molecule has 5 heteroatoms. The van der Waals surface area contributed by atoms with Crippen LogP contribution in [-0.4, -0.2) is 26.1 Å². The molecule has 0 amide bonds. The molecule has 0 heterocycles. The number of hydrogen-bond acceptors (Lipinski definition) is 3. The van der Waals surface area contributed by atoms with E-state index in [2.05, 4.69) is 22.0 Å². The van der Waals surface area contributed by atoms with Crippen molar-refractivity contribution in [3.05, 3.63) is 27.7 Å². The van der Waals surface area contributed by atoms with Gasteiger partial charge in [-0.1, -0.05) is 0 Å². The fraction of sp³-hybridized carbons (Fsp3) is 0.364. The van der Waals surface area contributed by atoms with Crippen LogP contribution in [0.4, 0.5) is 0 Å². The largest absolute Gasteiger partial charge is 0.495 e. The first-order chi connectivity index (χ1) is 7.08. The minimum atomic E-state index is 0. The van der Waals surface area contributed by atoms with E-state index in [0.29, 0.717) is 5.56 Å². The van der Waals surface area contributed by atoms with Crippen molar-refractivity contribution in [1.82, 2.24) is 4.90 Å². The number of rotatable bonds is 3. The Labute approximate surface area is 111 Å². The number of benzene rings is 1. The van der Waals surface area contributed by atoms with Gasteiger partial charge in [0.1, 0.15) is 5.75 Å². The molecule has 1 aromatic carbocycles. The number of nitriles is 1. The molecule has 3 nitrogen and oxygen atoms in total. The summed E-state index contributed by atoms with van der Waals surface area (Å²) in [5.74, 6) is 0.794. The van der Waals surface area contributed by atoms with Gasteiger partial charge < -0.3 is 9.64 Å². The Kier molecular flexibility index (Phi) is 6.42. The Hall–Kier alpha value is -0.760. The van der Waals surface area contributed by atoms with Gasteiger partial charge >= 0.3 is 0 Å². The van der Waals surface area contributed by atoms with Gasteiger partial charge in [-0.2, -0.15) is 5.26 Å². The van der Waals surface area contributed by atoms with Crippen LogP contribution >= 0.6 is 28.3 Å². The highest BCUT2D eigenvalue weighted by atomic mass is 79.9. The molecule has 16 heavy (non-hydrogen) atoms. The molecule has 0 fully saturated rings. The smallest absolute Gasteiger partial charge is 0.137 e. The quantitative estimate of drug-likeness (QED) is 0.861. The van der Waals surface area contributed by atoms with Crippen molar-refractivity contribution in [2.24, 2.45) is 0 Å². The Morgan fingerprint density at radius 2 is 2.06 bits per heavy atom. The second-order valence-corrected chi connectivity index (χ2v) is 4.35. The highest BCUT2D eigenvalue weighted by Crippen LogP contribution is 2.30. The van der Waals surface area contributed by atoms with E-state index in [1.54, 1.807) is 13.2 Å². The summed E-state index contributed by atoms with van der Waals surface area (Å²) in [4.78, 5) is 2.03. The second kappa shape index (κ2) is 6.74. The normalized spacial score (nSPS) is 9.50. The minimum absolute atomic E-state index is 0. The molecule has 0 saturated carbocycles. The van der Waals surface area contributed by atoms with Gasteiger partial charge in [-0.15, -0.1) is 12.4 Å². The molecule has 1 rings (SSSR count). The first-order valence-electron chi connectivity index (χ1n) is 4.49. The molecular weight excluding hydrogens is 291 g/mol. The summed E-state index contributed by atoms with van der Waals surface area (Å²) in [5, 5.41) is 8.86. The summed E-state index contributed by atoms with van der Waals surface area (Å²) < 4.78 is 6.11. The van der Waals surface area contributed by atoms with Gasteiger partial charge in [0.05, 0.1) is 23.2 Å². The zero-order valence-corrected chi connectivity index (χ0v) is 11.9. The van der Waals surface area contributed by atoms with Crippen LogP contribution < -0.4 is 4.74 Å². The van der Waals surface area contributed by atoms with Crippen LogP contribution in [-0.2, 0) is 6.54 Å². The lowest BCUT2D eigenvalue weighted by atomic mass is 10.1. The van der Waals surface area contributed by atoms with Gasteiger partial charge in [0.2, 0.25) is 0 Å². The minimum Gasteiger partial charge on any atom is -0.495 e. The number of methoxy groups -OCH3 is 1. The fourth-order valence-corrected chi connectivity index (χ4v) is 2.06. The van der Waals surface area contributed by atoms with Crippen molar-refractivity contribution in [1.29, 1.82) is 5.26 Å². The van der Waals surface area contributed by atoms with Gasteiger partial charge in [-0.05, 0) is 42.2 Å². The Balaban J connectivity index is 0.00000225. The molecule has 0 bridgehead atoms. The van der Waals surface area contributed by atoms with Gasteiger partial charge in [0.15, 0.2) is 0 Å². The van der Waals surface area contributed by atoms with Crippen LogP contribution in [0.15, 0.2) is 16.6 Å². The molecule has 0 saturated heterocycles. The van der Waals surface area contributed by atoms with Gasteiger partial charge in [-0.3, -0.25) is 0 Å². The maximum atomic E-state index is 8.86. The third-order valence-corrected chi connectivity index (χ3v) is 2.53. The van der Waals surface area contributed by atoms with Crippen molar-refractivity contribution in [2.45, 2.75) is 6.54 Å². The molecule has 0 aliphatic heterocycles. The van der Waals surface area contributed by atoms with Crippen LogP contribution in [0.2, 0.25) is 0 Å². The molecule has 0 unspecified atom stereocenters. The first kappa shape index (κ1) is 15.2. The van der Waals surface area contributed by atoms with E-state index in [9.17, 15) is 0 Å². The molecule has 0 atom stereocenters. The molecule has 0 aliphatic rings. The Morgan fingerprint density at radius 3 is 2.50 bits per heavy atom. The number of hydrogen-bond donors (Lipinski definition) is 0. The van der Waals surface area contributed by atoms with Crippen LogP contribution in [0.5, 0.6) is 5.75 Å². The van der Waals surface area contributed by atoms with E-state index in [-0.39, 0.29) is 12.4 Å². The maximum absolute atomic E-state index is 8.86. The zero-order chi connectivity index (χ0) is 11.4. The number of halogens is 2. The maximum Gasteiger partial charge on any atom is 0.137 e. The number of ether oxygens (including phenoxy) is 1. The van der Waals surface area contributed by atoms with E-state index in [1.165, 1.54) is 0 Å². The molecule has 0 spiro atoms. The monoisotopic (exact) mass is 304 g/mol. The number of nitrogens with zero attached hydrogens (tertiary/aromatic N) is 2. The average molecular weight is 306 g/mol. The lowest BCUT2D eigenvalue weighted by Gasteiger charge is -2.14. The predicted molar refractivity (Wildman–Crippen MR) is 70.0 cm³/mol. The zero-order valence-electron chi connectivity index (χ0n) is 9.45. The van der Waals surface area contributed by atoms with E-state index in [0.717, 1.165) is 22.3 Å². The van der Waals surface area contributed by atoms with E-state index >= 15 is 0 Å². The van der Waals surface area contributed by atoms with Crippen molar-refractivity contribution >= 4 is 28.3 Å². The van der Waals surface area contributed by atoms with E-state index in [1.807, 2.05) is 25.1 Å². The highest BCUT2D eigenvalue weighted by Gasteiger charge is 2.10. The molecule has 0 radical (unpaired) electrons. The van der Waals surface area contributed by atoms with Crippen molar-refractivity contribution in [3.8, 4) is 11.8 Å². The summed E-state index contributed by atoms with van der Waals surface area (Å²) in [6.07, 6.45) is 0. The second-order valence-electron chi connectivity index (χ2n) is 3.50. The topological polar surface area (TPSA) is 36.3 Å². The van der Waals surface area contributed by atoms with Crippen LogP contribution in [0.1, 0.15) is 11.1 Å². The summed E-state index contributed by atoms with van der Waals surface area (Å²) in [7, 11) is 5.59. The summed E-state index contributed by atoms with van der Waals surface area (Å²) in [6.45, 7) is 0.747. The lowest BCUT2D eigenvalue weighted by Crippen LogP contribution is -2.12. The van der Waals surface area contributed by atoms with E-state index < -0.39 is 0 Å². The summed E-state index contributed by atoms with van der Waals surface area (Å²) in [6, 6.07) is 5.74. The predicted octanol–water partition coefficient (Wildman–Crippen LogP) is 2.81. The average Bonchev–Trinajstić information content (AvgIpc) is 2.16. The van der Waals surface area contributed by atoms with Gasteiger partial charge in [-0.25, -0.2) is 0 Å². The fourth-order valence-electron chi connectivity index (χ4n) is 1.40. The highest BCUT2D eigenvalue weighted by molar-refractivity contribution is 9.10. The first-order valence-corrected chi connectivity index (χ1v) is 5.29. The molecule has 88 valence electrons. The van der Waals surface area contributed by atoms with Crippen molar-refractivity contribution in [2.75, 3.05) is 21.2 Å².